The number of aryl methyl sites for hydroxylation is 1. The third kappa shape index (κ3) is 3.83. The highest BCUT2D eigenvalue weighted by Crippen LogP contribution is 2.22. The van der Waals surface area contributed by atoms with Crippen molar-refractivity contribution in [2.75, 3.05) is 13.1 Å². The molecular formula is C17H25NO2. The minimum atomic E-state index is -0.341. The number of aliphatic hydroxyl groups is 1. The number of benzene rings is 1. The van der Waals surface area contributed by atoms with Gasteiger partial charge in [0.1, 0.15) is 0 Å². The van der Waals surface area contributed by atoms with Gasteiger partial charge in [-0.2, -0.15) is 0 Å². The van der Waals surface area contributed by atoms with Crippen molar-refractivity contribution in [2.45, 2.75) is 51.6 Å². The number of piperidine rings is 1. The summed E-state index contributed by atoms with van der Waals surface area (Å²) in [5, 5.41) is 9.64. The van der Waals surface area contributed by atoms with Crippen LogP contribution in [0.25, 0.3) is 0 Å². The summed E-state index contributed by atoms with van der Waals surface area (Å²) in [5.41, 5.74) is 2.54. The molecule has 0 radical (unpaired) electrons. The molecule has 1 saturated heterocycles. The summed E-state index contributed by atoms with van der Waals surface area (Å²) in [6.45, 7) is 5.53. The van der Waals surface area contributed by atoms with E-state index in [1.807, 2.05) is 4.90 Å². The first-order valence-electron chi connectivity index (χ1n) is 7.64. The first kappa shape index (κ1) is 15.0. The predicted molar refractivity (Wildman–Crippen MR) is 80.7 cm³/mol. The second kappa shape index (κ2) is 6.89. The SMILES string of the molecule is CCc1ccc(C(C)CC(=O)N2CCCC(O)C2)cc1. The molecule has 0 aliphatic carbocycles. The molecule has 110 valence electrons. The molecule has 1 aliphatic heterocycles. The molecule has 2 unspecified atom stereocenters. The van der Waals surface area contributed by atoms with Crippen molar-refractivity contribution in [3.63, 3.8) is 0 Å². The van der Waals surface area contributed by atoms with E-state index in [0.717, 1.165) is 25.8 Å². The Morgan fingerprint density at radius 2 is 2.10 bits per heavy atom. The molecule has 2 rings (SSSR count). The standard InChI is InChI=1S/C17H25NO2/c1-3-14-6-8-15(9-7-14)13(2)11-17(20)18-10-4-5-16(19)12-18/h6-9,13,16,19H,3-5,10-12H2,1-2H3. The second-order valence-corrected chi connectivity index (χ2v) is 5.84. The number of rotatable bonds is 4. The van der Waals surface area contributed by atoms with Gasteiger partial charge in [0.2, 0.25) is 5.91 Å². The summed E-state index contributed by atoms with van der Waals surface area (Å²) >= 11 is 0. The summed E-state index contributed by atoms with van der Waals surface area (Å²) in [5.74, 6) is 0.392. The molecule has 0 saturated carbocycles. The Balaban J connectivity index is 1.92. The van der Waals surface area contributed by atoms with Gasteiger partial charge in [-0.1, -0.05) is 38.1 Å². The smallest absolute Gasteiger partial charge is 0.223 e. The number of nitrogens with zero attached hydrogens (tertiary/aromatic N) is 1. The van der Waals surface area contributed by atoms with E-state index in [-0.39, 0.29) is 17.9 Å². The van der Waals surface area contributed by atoms with Crippen LogP contribution in [-0.2, 0) is 11.2 Å². The van der Waals surface area contributed by atoms with Crippen LogP contribution in [0.5, 0.6) is 0 Å². The maximum absolute atomic E-state index is 12.3. The van der Waals surface area contributed by atoms with Crippen molar-refractivity contribution in [1.82, 2.24) is 4.90 Å². The Bertz CT molecular complexity index is 441. The number of likely N-dealkylation sites (tertiary alicyclic amines) is 1. The van der Waals surface area contributed by atoms with Crippen molar-refractivity contribution in [1.29, 1.82) is 0 Å². The lowest BCUT2D eigenvalue weighted by molar-refractivity contribution is -0.134. The third-order valence-electron chi connectivity index (χ3n) is 4.19. The molecule has 2 atom stereocenters. The van der Waals surface area contributed by atoms with Crippen LogP contribution in [0.2, 0.25) is 0 Å². The number of β-amino-alcohol motifs (C(OH)–C–C–N with tert-alkyl or cyclic N) is 1. The summed E-state index contributed by atoms with van der Waals surface area (Å²) in [7, 11) is 0. The van der Waals surface area contributed by atoms with E-state index in [1.54, 1.807) is 0 Å². The minimum absolute atomic E-state index is 0.163. The Labute approximate surface area is 121 Å². The minimum Gasteiger partial charge on any atom is -0.391 e. The highest BCUT2D eigenvalue weighted by molar-refractivity contribution is 5.77. The van der Waals surface area contributed by atoms with Gasteiger partial charge in [0.15, 0.2) is 0 Å². The molecule has 1 N–H and O–H groups in total. The molecule has 20 heavy (non-hydrogen) atoms. The van der Waals surface area contributed by atoms with Gasteiger partial charge in [-0.05, 0) is 36.3 Å². The zero-order valence-corrected chi connectivity index (χ0v) is 12.5. The van der Waals surface area contributed by atoms with E-state index in [2.05, 4.69) is 38.1 Å². The Morgan fingerprint density at radius 3 is 2.70 bits per heavy atom. The maximum Gasteiger partial charge on any atom is 0.223 e. The molecule has 0 bridgehead atoms. The normalized spacial score (nSPS) is 20.8. The van der Waals surface area contributed by atoms with Crippen LogP contribution in [-0.4, -0.2) is 35.1 Å². The van der Waals surface area contributed by atoms with E-state index in [0.29, 0.717) is 13.0 Å². The van der Waals surface area contributed by atoms with E-state index < -0.39 is 0 Å². The number of aliphatic hydroxyl groups excluding tert-OH is 1. The molecule has 0 spiro atoms. The molecule has 3 nitrogen and oxygen atoms in total. The highest BCUT2D eigenvalue weighted by atomic mass is 16.3. The fourth-order valence-corrected chi connectivity index (χ4v) is 2.77. The lowest BCUT2D eigenvalue weighted by Gasteiger charge is -2.31. The van der Waals surface area contributed by atoms with Crippen LogP contribution in [0.15, 0.2) is 24.3 Å². The van der Waals surface area contributed by atoms with Crippen molar-refractivity contribution in [3.8, 4) is 0 Å². The molecule has 1 aromatic rings. The summed E-state index contributed by atoms with van der Waals surface area (Å²) in [6.07, 6.45) is 2.95. The monoisotopic (exact) mass is 275 g/mol. The highest BCUT2D eigenvalue weighted by Gasteiger charge is 2.23. The van der Waals surface area contributed by atoms with Gasteiger partial charge in [0.25, 0.3) is 0 Å². The lowest BCUT2D eigenvalue weighted by atomic mass is 9.95. The summed E-state index contributed by atoms with van der Waals surface area (Å²) in [4.78, 5) is 14.1. The van der Waals surface area contributed by atoms with E-state index >= 15 is 0 Å². The van der Waals surface area contributed by atoms with Crippen LogP contribution in [0.3, 0.4) is 0 Å². The van der Waals surface area contributed by atoms with Crippen molar-refractivity contribution in [3.05, 3.63) is 35.4 Å². The molecule has 3 heteroatoms. The van der Waals surface area contributed by atoms with Crippen LogP contribution >= 0.6 is 0 Å². The average Bonchev–Trinajstić information content (AvgIpc) is 2.47. The zero-order chi connectivity index (χ0) is 14.5. The number of amides is 1. The molecule has 1 aliphatic rings. The maximum atomic E-state index is 12.3. The second-order valence-electron chi connectivity index (χ2n) is 5.84. The van der Waals surface area contributed by atoms with Gasteiger partial charge in [0.05, 0.1) is 6.10 Å². The largest absolute Gasteiger partial charge is 0.391 e. The summed E-state index contributed by atoms with van der Waals surface area (Å²) < 4.78 is 0. The first-order chi connectivity index (χ1) is 9.60. The molecule has 1 amide bonds. The molecular weight excluding hydrogens is 250 g/mol. The molecule has 1 heterocycles. The average molecular weight is 275 g/mol. The van der Waals surface area contributed by atoms with E-state index in [4.69, 9.17) is 0 Å². The Hall–Kier alpha value is -1.35. The fourth-order valence-electron chi connectivity index (χ4n) is 2.77. The van der Waals surface area contributed by atoms with Gasteiger partial charge >= 0.3 is 0 Å². The van der Waals surface area contributed by atoms with E-state index in [9.17, 15) is 9.90 Å². The van der Waals surface area contributed by atoms with Gasteiger partial charge in [-0.15, -0.1) is 0 Å². The Morgan fingerprint density at radius 1 is 1.40 bits per heavy atom. The number of hydrogen-bond acceptors (Lipinski definition) is 2. The van der Waals surface area contributed by atoms with Crippen LogP contribution < -0.4 is 0 Å². The van der Waals surface area contributed by atoms with Crippen molar-refractivity contribution in [2.24, 2.45) is 0 Å². The molecule has 0 aromatic heterocycles. The third-order valence-corrected chi connectivity index (χ3v) is 4.19. The molecule has 1 fully saturated rings. The van der Waals surface area contributed by atoms with Crippen LogP contribution in [0.4, 0.5) is 0 Å². The summed E-state index contributed by atoms with van der Waals surface area (Å²) in [6, 6.07) is 8.53. The number of carbonyl (C=O) groups excluding carboxylic acids is 1. The van der Waals surface area contributed by atoms with Gasteiger partial charge in [-0.3, -0.25) is 4.79 Å². The van der Waals surface area contributed by atoms with E-state index in [1.165, 1.54) is 11.1 Å². The van der Waals surface area contributed by atoms with Gasteiger partial charge in [0, 0.05) is 19.5 Å². The van der Waals surface area contributed by atoms with Gasteiger partial charge < -0.3 is 10.0 Å². The van der Waals surface area contributed by atoms with Crippen molar-refractivity contribution < 1.29 is 9.90 Å². The topological polar surface area (TPSA) is 40.5 Å². The zero-order valence-electron chi connectivity index (χ0n) is 12.5. The predicted octanol–water partition coefficient (Wildman–Crippen LogP) is 2.73. The first-order valence-corrected chi connectivity index (χ1v) is 7.64. The fraction of sp³-hybridized carbons (Fsp3) is 0.588. The number of carbonyl (C=O) groups is 1. The van der Waals surface area contributed by atoms with Crippen LogP contribution in [0, 0.1) is 0 Å². The van der Waals surface area contributed by atoms with Crippen LogP contribution in [0.1, 0.15) is 50.2 Å². The number of hydrogen-bond donors (Lipinski definition) is 1. The van der Waals surface area contributed by atoms with Crippen molar-refractivity contribution >= 4 is 5.91 Å². The quantitative estimate of drug-likeness (QED) is 0.918. The molecule has 1 aromatic carbocycles. The van der Waals surface area contributed by atoms with Gasteiger partial charge in [-0.25, -0.2) is 0 Å². The lowest BCUT2D eigenvalue weighted by Crippen LogP contribution is -2.42. The Kier molecular flexibility index (Phi) is 5.18.